The number of rotatable bonds is 4. The van der Waals surface area contributed by atoms with Gasteiger partial charge in [0, 0.05) is 19.5 Å². The van der Waals surface area contributed by atoms with E-state index in [1.165, 1.54) is 7.11 Å². The summed E-state index contributed by atoms with van der Waals surface area (Å²) in [6, 6.07) is 0. The van der Waals surface area contributed by atoms with Crippen LogP contribution in [0.1, 0.15) is 18.7 Å². The Morgan fingerprint density at radius 2 is 2.12 bits per heavy atom. The third kappa shape index (κ3) is 1.82. The molecular formula is C10H11BrN2O3. The third-order valence-corrected chi connectivity index (χ3v) is 3.23. The molecular weight excluding hydrogens is 276 g/mol. The van der Waals surface area contributed by atoms with E-state index < -0.39 is 17.5 Å². The van der Waals surface area contributed by atoms with Crippen molar-refractivity contribution in [3.8, 4) is 0 Å². The number of carboxylic acid groups (broad SMARTS) is 1. The van der Waals surface area contributed by atoms with Crippen LogP contribution in [-0.4, -0.2) is 34.3 Å². The van der Waals surface area contributed by atoms with Crippen LogP contribution < -0.4 is 0 Å². The lowest BCUT2D eigenvalue weighted by molar-refractivity contribution is -0.150. The molecule has 1 aromatic rings. The molecule has 1 saturated carbocycles. The lowest BCUT2D eigenvalue weighted by Gasteiger charge is -2.20. The smallest absolute Gasteiger partial charge is 0.333 e. The molecule has 0 aromatic carbocycles. The van der Waals surface area contributed by atoms with E-state index in [-0.39, 0.29) is 0 Å². The number of hydrogen-bond acceptors (Lipinski definition) is 4. The first-order valence-electron chi connectivity index (χ1n) is 4.84. The normalized spacial score (nSPS) is 19.1. The van der Waals surface area contributed by atoms with E-state index in [0.717, 1.165) is 17.3 Å². The second-order valence-electron chi connectivity index (χ2n) is 3.84. The molecule has 1 atom stereocenters. The van der Waals surface area contributed by atoms with Crippen molar-refractivity contribution in [1.29, 1.82) is 0 Å². The molecule has 0 saturated heterocycles. The third-order valence-electron chi connectivity index (χ3n) is 2.82. The molecule has 1 aliphatic carbocycles. The SMILES string of the molecule is COC(C(=O)O)C1(c2ncc(Br)cn2)CC1. The van der Waals surface area contributed by atoms with Crippen LogP contribution in [0.4, 0.5) is 0 Å². The molecule has 0 aliphatic heterocycles. The molecule has 1 unspecified atom stereocenters. The fourth-order valence-electron chi connectivity index (χ4n) is 1.87. The Balaban J connectivity index is 2.31. The van der Waals surface area contributed by atoms with Crippen LogP contribution in [0, 0.1) is 0 Å². The van der Waals surface area contributed by atoms with Gasteiger partial charge in [-0.05, 0) is 28.8 Å². The van der Waals surface area contributed by atoms with E-state index in [1.807, 2.05) is 0 Å². The number of carboxylic acids is 1. The van der Waals surface area contributed by atoms with E-state index in [2.05, 4.69) is 25.9 Å². The van der Waals surface area contributed by atoms with Crippen LogP contribution in [0.2, 0.25) is 0 Å². The highest BCUT2D eigenvalue weighted by Gasteiger charge is 2.56. The lowest BCUT2D eigenvalue weighted by atomic mass is 9.98. The van der Waals surface area contributed by atoms with Gasteiger partial charge in [-0.15, -0.1) is 0 Å². The van der Waals surface area contributed by atoms with Crippen molar-refractivity contribution in [3.63, 3.8) is 0 Å². The Morgan fingerprint density at radius 1 is 1.56 bits per heavy atom. The lowest BCUT2D eigenvalue weighted by Crippen LogP contribution is -2.37. The molecule has 16 heavy (non-hydrogen) atoms. The van der Waals surface area contributed by atoms with Crippen LogP contribution in [0.3, 0.4) is 0 Å². The van der Waals surface area contributed by atoms with E-state index >= 15 is 0 Å². The van der Waals surface area contributed by atoms with E-state index in [1.54, 1.807) is 12.4 Å². The quantitative estimate of drug-likeness (QED) is 0.905. The molecule has 0 bridgehead atoms. The standard InChI is InChI=1S/C10H11BrN2O3/c1-16-7(8(14)15)10(2-3-10)9-12-4-6(11)5-13-9/h4-5,7H,2-3H2,1H3,(H,14,15). The summed E-state index contributed by atoms with van der Waals surface area (Å²) in [5, 5.41) is 9.07. The Morgan fingerprint density at radius 3 is 2.50 bits per heavy atom. The summed E-state index contributed by atoms with van der Waals surface area (Å²) in [7, 11) is 1.40. The maximum Gasteiger partial charge on any atom is 0.333 e. The first-order chi connectivity index (χ1) is 7.60. The summed E-state index contributed by atoms with van der Waals surface area (Å²) in [6.45, 7) is 0. The summed E-state index contributed by atoms with van der Waals surface area (Å²) in [5.41, 5.74) is -0.540. The van der Waals surface area contributed by atoms with Crippen molar-refractivity contribution in [2.24, 2.45) is 0 Å². The number of carbonyl (C=O) groups is 1. The fourth-order valence-corrected chi connectivity index (χ4v) is 2.07. The molecule has 0 amide bonds. The largest absolute Gasteiger partial charge is 0.479 e. The molecule has 0 radical (unpaired) electrons. The van der Waals surface area contributed by atoms with Gasteiger partial charge in [-0.25, -0.2) is 14.8 Å². The first kappa shape index (κ1) is 11.5. The molecule has 6 heteroatoms. The Labute approximate surface area is 101 Å². The first-order valence-corrected chi connectivity index (χ1v) is 5.63. The number of methoxy groups -OCH3 is 1. The van der Waals surface area contributed by atoms with Crippen LogP contribution in [0.5, 0.6) is 0 Å². The van der Waals surface area contributed by atoms with Crippen LogP contribution in [0.15, 0.2) is 16.9 Å². The van der Waals surface area contributed by atoms with Crippen molar-refractivity contribution in [2.75, 3.05) is 7.11 Å². The van der Waals surface area contributed by atoms with Gasteiger partial charge in [0.1, 0.15) is 5.82 Å². The summed E-state index contributed by atoms with van der Waals surface area (Å²) in [6.07, 6.45) is 3.88. The second kappa shape index (κ2) is 4.10. The van der Waals surface area contributed by atoms with Crippen molar-refractivity contribution in [2.45, 2.75) is 24.4 Å². The number of aliphatic carboxylic acids is 1. The minimum Gasteiger partial charge on any atom is -0.479 e. The van der Waals surface area contributed by atoms with Crippen molar-refractivity contribution >= 4 is 21.9 Å². The summed E-state index contributed by atoms with van der Waals surface area (Å²) < 4.78 is 5.81. The van der Waals surface area contributed by atoms with Gasteiger partial charge < -0.3 is 9.84 Å². The maximum absolute atomic E-state index is 11.1. The molecule has 1 fully saturated rings. The van der Waals surface area contributed by atoms with Crippen molar-refractivity contribution in [1.82, 2.24) is 9.97 Å². The molecule has 2 rings (SSSR count). The zero-order valence-corrected chi connectivity index (χ0v) is 10.3. The minimum absolute atomic E-state index is 0.540. The molecule has 5 nitrogen and oxygen atoms in total. The Hall–Kier alpha value is -1.01. The summed E-state index contributed by atoms with van der Waals surface area (Å²) in [5.74, 6) is -0.420. The average Bonchev–Trinajstić information content (AvgIpc) is 3.01. The molecule has 1 heterocycles. The van der Waals surface area contributed by atoms with Gasteiger partial charge in [-0.3, -0.25) is 0 Å². The Kier molecular flexibility index (Phi) is 2.94. The van der Waals surface area contributed by atoms with Gasteiger partial charge >= 0.3 is 5.97 Å². The van der Waals surface area contributed by atoms with Crippen LogP contribution in [-0.2, 0) is 14.9 Å². The average molecular weight is 287 g/mol. The molecule has 86 valence electrons. The van der Waals surface area contributed by atoms with E-state index in [9.17, 15) is 4.79 Å². The number of halogens is 1. The highest BCUT2D eigenvalue weighted by Crippen LogP contribution is 2.50. The number of ether oxygens (including phenoxy) is 1. The van der Waals surface area contributed by atoms with Gasteiger partial charge in [0.05, 0.1) is 9.89 Å². The Bertz CT molecular complexity index is 403. The highest BCUT2D eigenvalue weighted by molar-refractivity contribution is 9.10. The van der Waals surface area contributed by atoms with Gasteiger partial charge in [0.25, 0.3) is 0 Å². The summed E-state index contributed by atoms with van der Waals surface area (Å²) in [4.78, 5) is 19.4. The van der Waals surface area contributed by atoms with Crippen molar-refractivity contribution in [3.05, 3.63) is 22.7 Å². The minimum atomic E-state index is -0.966. The zero-order valence-electron chi connectivity index (χ0n) is 8.68. The van der Waals surface area contributed by atoms with E-state index in [4.69, 9.17) is 9.84 Å². The monoisotopic (exact) mass is 286 g/mol. The highest BCUT2D eigenvalue weighted by atomic mass is 79.9. The van der Waals surface area contributed by atoms with E-state index in [0.29, 0.717) is 5.82 Å². The summed E-state index contributed by atoms with van der Waals surface area (Å²) >= 11 is 3.24. The second-order valence-corrected chi connectivity index (χ2v) is 4.75. The maximum atomic E-state index is 11.1. The van der Waals surface area contributed by atoms with Gasteiger partial charge in [-0.2, -0.15) is 0 Å². The van der Waals surface area contributed by atoms with Gasteiger partial charge in [0.2, 0.25) is 0 Å². The van der Waals surface area contributed by atoms with Crippen LogP contribution >= 0.6 is 15.9 Å². The van der Waals surface area contributed by atoms with Gasteiger partial charge in [0.15, 0.2) is 6.10 Å². The predicted octanol–water partition coefficient (Wildman–Crippen LogP) is 1.37. The fraction of sp³-hybridized carbons (Fsp3) is 0.500. The topological polar surface area (TPSA) is 72.3 Å². The number of nitrogens with zero attached hydrogens (tertiary/aromatic N) is 2. The van der Waals surface area contributed by atoms with Crippen molar-refractivity contribution < 1.29 is 14.6 Å². The van der Waals surface area contributed by atoms with Gasteiger partial charge in [-0.1, -0.05) is 0 Å². The van der Waals surface area contributed by atoms with Crippen LogP contribution in [0.25, 0.3) is 0 Å². The molecule has 0 spiro atoms. The zero-order chi connectivity index (χ0) is 11.8. The molecule has 1 aromatic heterocycles. The number of hydrogen-bond donors (Lipinski definition) is 1. The number of aromatic nitrogens is 2. The molecule has 1 aliphatic rings. The molecule has 1 N–H and O–H groups in total. The predicted molar refractivity (Wildman–Crippen MR) is 59.1 cm³/mol.